The van der Waals surface area contributed by atoms with Crippen LogP contribution < -0.4 is 15.0 Å². The molecule has 0 radical (unpaired) electrons. The van der Waals surface area contributed by atoms with Gasteiger partial charge >= 0.3 is 6.03 Å². The Morgan fingerprint density at radius 2 is 1.90 bits per heavy atom. The van der Waals surface area contributed by atoms with Gasteiger partial charge in [-0.1, -0.05) is 0 Å². The molecule has 2 atom stereocenters. The SMILES string of the molecule is CCOc1ccc(NC(=O)N2CCc3nc(C)nc(N4CC(C)OC(C)C4)c3C2)cc1. The van der Waals surface area contributed by atoms with Crippen LogP contribution in [-0.4, -0.2) is 59.3 Å². The number of fused-ring (bicyclic) bond motifs is 1. The molecule has 1 aromatic heterocycles. The van der Waals surface area contributed by atoms with E-state index in [1.807, 2.05) is 43.0 Å². The molecule has 2 amide bonds. The van der Waals surface area contributed by atoms with E-state index in [2.05, 4.69) is 29.0 Å². The third-order valence-corrected chi connectivity index (χ3v) is 5.57. The molecule has 1 N–H and O–H groups in total. The molecule has 1 saturated heterocycles. The number of urea groups is 1. The fourth-order valence-corrected chi connectivity index (χ4v) is 4.31. The maximum atomic E-state index is 13.0. The molecule has 0 spiro atoms. The van der Waals surface area contributed by atoms with Gasteiger partial charge < -0.3 is 24.6 Å². The summed E-state index contributed by atoms with van der Waals surface area (Å²) in [4.78, 5) is 26.5. The minimum atomic E-state index is -0.120. The Balaban J connectivity index is 1.51. The predicted molar refractivity (Wildman–Crippen MR) is 120 cm³/mol. The molecule has 2 aliphatic rings. The summed E-state index contributed by atoms with van der Waals surface area (Å²) in [6, 6.07) is 7.31. The first kappa shape index (κ1) is 21.4. The highest BCUT2D eigenvalue weighted by molar-refractivity contribution is 5.89. The Hall–Kier alpha value is -2.87. The van der Waals surface area contributed by atoms with Gasteiger partial charge in [-0.2, -0.15) is 0 Å². The van der Waals surface area contributed by atoms with Crippen LogP contribution in [0.2, 0.25) is 0 Å². The summed E-state index contributed by atoms with van der Waals surface area (Å²) in [6.07, 6.45) is 0.993. The lowest BCUT2D eigenvalue weighted by Gasteiger charge is -2.38. The number of hydrogen-bond acceptors (Lipinski definition) is 6. The lowest BCUT2D eigenvalue weighted by Crippen LogP contribution is -2.47. The number of amides is 2. The smallest absolute Gasteiger partial charge is 0.322 e. The van der Waals surface area contributed by atoms with Crippen LogP contribution in [0.1, 0.15) is 37.9 Å². The van der Waals surface area contributed by atoms with Crippen molar-refractivity contribution in [1.29, 1.82) is 0 Å². The van der Waals surface area contributed by atoms with Crippen LogP contribution >= 0.6 is 0 Å². The lowest BCUT2D eigenvalue weighted by molar-refractivity contribution is -0.00558. The van der Waals surface area contributed by atoms with Crippen LogP contribution in [0.3, 0.4) is 0 Å². The van der Waals surface area contributed by atoms with Gasteiger partial charge in [-0.3, -0.25) is 0 Å². The molecule has 166 valence electrons. The van der Waals surface area contributed by atoms with Crippen molar-refractivity contribution < 1.29 is 14.3 Å². The Labute approximate surface area is 183 Å². The monoisotopic (exact) mass is 425 g/mol. The van der Waals surface area contributed by atoms with E-state index < -0.39 is 0 Å². The summed E-state index contributed by atoms with van der Waals surface area (Å²) in [7, 11) is 0. The third kappa shape index (κ3) is 4.90. The summed E-state index contributed by atoms with van der Waals surface area (Å²) in [5.41, 5.74) is 2.83. The van der Waals surface area contributed by atoms with Crippen LogP contribution in [0.4, 0.5) is 16.3 Å². The minimum Gasteiger partial charge on any atom is -0.494 e. The van der Waals surface area contributed by atoms with Crippen LogP contribution in [-0.2, 0) is 17.7 Å². The zero-order valence-electron chi connectivity index (χ0n) is 18.7. The highest BCUT2D eigenvalue weighted by Gasteiger charge is 2.30. The lowest BCUT2D eigenvalue weighted by atomic mass is 10.0. The van der Waals surface area contributed by atoms with Gasteiger partial charge in [0, 0.05) is 37.3 Å². The number of rotatable bonds is 4. The number of carbonyl (C=O) groups excluding carboxylic acids is 1. The van der Waals surface area contributed by atoms with Crippen LogP contribution in [0.15, 0.2) is 24.3 Å². The summed E-state index contributed by atoms with van der Waals surface area (Å²) in [6.45, 7) is 11.3. The van der Waals surface area contributed by atoms with Gasteiger partial charge in [0.25, 0.3) is 0 Å². The molecule has 0 aliphatic carbocycles. The summed E-state index contributed by atoms with van der Waals surface area (Å²) < 4.78 is 11.4. The Bertz CT molecular complexity index is 924. The van der Waals surface area contributed by atoms with Crippen LogP contribution in [0, 0.1) is 6.92 Å². The van der Waals surface area contributed by atoms with Crippen molar-refractivity contribution in [1.82, 2.24) is 14.9 Å². The predicted octanol–water partition coefficient (Wildman–Crippen LogP) is 3.39. The van der Waals surface area contributed by atoms with Crippen molar-refractivity contribution in [2.24, 2.45) is 0 Å². The standard InChI is InChI=1S/C23H31N5O3/c1-5-30-19-8-6-18(7-9-19)26-23(29)27-11-10-21-20(14-27)22(25-17(4)24-21)28-12-15(2)31-16(3)13-28/h6-9,15-16H,5,10-14H2,1-4H3,(H,26,29). The molecule has 1 aromatic carbocycles. The number of ether oxygens (including phenoxy) is 2. The van der Waals surface area contributed by atoms with Crippen molar-refractivity contribution >= 4 is 17.5 Å². The van der Waals surface area contributed by atoms with Crippen LogP contribution in [0.25, 0.3) is 0 Å². The van der Waals surface area contributed by atoms with E-state index >= 15 is 0 Å². The first-order valence-corrected chi connectivity index (χ1v) is 11.0. The number of morpholine rings is 1. The molecule has 8 heteroatoms. The van der Waals surface area contributed by atoms with Gasteiger partial charge in [-0.05, 0) is 52.0 Å². The Morgan fingerprint density at radius 1 is 1.19 bits per heavy atom. The van der Waals surface area contributed by atoms with Crippen molar-refractivity contribution in [2.45, 2.75) is 52.9 Å². The largest absolute Gasteiger partial charge is 0.494 e. The zero-order valence-corrected chi connectivity index (χ0v) is 18.7. The number of benzene rings is 1. The third-order valence-electron chi connectivity index (χ3n) is 5.57. The minimum absolute atomic E-state index is 0.120. The second kappa shape index (κ2) is 9.09. The average molecular weight is 426 g/mol. The van der Waals surface area contributed by atoms with Gasteiger partial charge in [-0.15, -0.1) is 0 Å². The molecule has 2 aliphatic heterocycles. The molecule has 1 fully saturated rings. The highest BCUT2D eigenvalue weighted by atomic mass is 16.5. The van der Waals surface area contributed by atoms with Crippen molar-refractivity contribution in [3.63, 3.8) is 0 Å². The molecule has 0 saturated carbocycles. The molecule has 3 heterocycles. The topological polar surface area (TPSA) is 79.8 Å². The Morgan fingerprint density at radius 3 is 2.58 bits per heavy atom. The number of nitrogens with zero attached hydrogens (tertiary/aromatic N) is 4. The molecular weight excluding hydrogens is 394 g/mol. The first-order chi connectivity index (χ1) is 14.9. The zero-order chi connectivity index (χ0) is 22.0. The average Bonchev–Trinajstić information content (AvgIpc) is 2.73. The van der Waals surface area contributed by atoms with Gasteiger partial charge in [0.05, 0.1) is 31.1 Å². The second-order valence-corrected chi connectivity index (χ2v) is 8.24. The maximum Gasteiger partial charge on any atom is 0.322 e. The first-order valence-electron chi connectivity index (χ1n) is 11.0. The fraction of sp³-hybridized carbons (Fsp3) is 0.522. The number of hydrogen-bond donors (Lipinski definition) is 1. The Kier molecular flexibility index (Phi) is 6.27. The number of carbonyl (C=O) groups is 1. The number of aryl methyl sites for hydroxylation is 1. The van der Waals surface area contributed by atoms with E-state index in [0.717, 1.165) is 53.8 Å². The molecular formula is C23H31N5O3. The molecule has 31 heavy (non-hydrogen) atoms. The van der Waals surface area contributed by atoms with E-state index in [1.165, 1.54) is 0 Å². The molecule has 4 rings (SSSR count). The summed E-state index contributed by atoms with van der Waals surface area (Å²) in [5.74, 6) is 2.49. The molecule has 2 unspecified atom stereocenters. The van der Waals surface area contributed by atoms with Crippen LogP contribution in [0.5, 0.6) is 5.75 Å². The van der Waals surface area contributed by atoms with Crippen molar-refractivity contribution in [2.75, 3.05) is 36.5 Å². The molecule has 8 nitrogen and oxygen atoms in total. The van der Waals surface area contributed by atoms with Crippen molar-refractivity contribution in [3.8, 4) is 5.75 Å². The number of aromatic nitrogens is 2. The van der Waals surface area contributed by atoms with Gasteiger partial charge in [0.1, 0.15) is 17.4 Å². The van der Waals surface area contributed by atoms with E-state index in [-0.39, 0.29) is 18.2 Å². The highest BCUT2D eigenvalue weighted by Crippen LogP contribution is 2.29. The van der Waals surface area contributed by atoms with E-state index in [0.29, 0.717) is 19.7 Å². The second-order valence-electron chi connectivity index (χ2n) is 8.24. The van der Waals surface area contributed by atoms with Gasteiger partial charge in [-0.25, -0.2) is 14.8 Å². The van der Waals surface area contributed by atoms with Gasteiger partial charge in [0.2, 0.25) is 0 Å². The quantitative estimate of drug-likeness (QED) is 0.809. The maximum absolute atomic E-state index is 13.0. The summed E-state index contributed by atoms with van der Waals surface area (Å²) in [5, 5.41) is 2.99. The fourth-order valence-electron chi connectivity index (χ4n) is 4.31. The van der Waals surface area contributed by atoms with Crippen molar-refractivity contribution in [3.05, 3.63) is 41.3 Å². The van der Waals surface area contributed by atoms with E-state index in [4.69, 9.17) is 14.5 Å². The number of anilines is 2. The van der Waals surface area contributed by atoms with E-state index in [9.17, 15) is 4.79 Å². The normalized spacial score (nSPS) is 20.9. The molecule has 2 aromatic rings. The molecule has 0 bridgehead atoms. The van der Waals surface area contributed by atoms with Gasteiger partial charge in [0.15, 0.2) is 0 Å². The number of nitrogens with one attached hydrogen (secondary N) is 1. The van der Waals surface area contributed by atoms with E-state index in [1.54, 1.807) is 0 Å². The summed E-state index contributed by atoms with van der Waals surface area (Å²) >= 11 is 0.